The predicted octanol–water partition coefficient (Wildman–Crippen LogP) is 2.30. The molecule has 1 aromatic rings. The first kappa shape index (κ1) is 14.5. The van der Waals surface area contributed by atoms with E-state index in [4.69, 9.17) is 9.47 Å². The number of anilines is 1. The lowest BCUT2D eigenvalue weighted by molar-refractivity contribution is -0.148. The summed E-state index contributed by atoms with van der Waals surface area (Å²) in [6.45, 7) is 7.47. The molecule has 4 heteroatoms. The quantitative estimate of drug-likeness (QED) is 0.596. The maximum Gasteiger partial charge on any atom is 0.332 e. The summed E-state index contributed by atoms with van der Waals surface area (Å²) in [5.41, 5.74) is 3.55. The Balaban J connectivity index is 2.20. The lowest BCUT2D eigenvalue weighted by Gasteiger charge is -2.10. The Labute approximate surface area is 108 Å². The molecule has 0 fully saturated rings. The van der Waals surface area contributed by atoms with Crippen molar-refractivity contribution in [2.45, 2.75) is 20.8 Å². The molecule has 0 unspecified atom stereocenters. The van der Waals surface area contributed by atoms with Crippen molar-refractivity contribution in [2.75, 3.05) is 31.7 Å². The number of benzene rings is 1. The highest BCUT2D eigenvalue weighted by atomic mass is 16.6. The van der Waals surface area contributed by atoms with E-state index in [9.17, 15) is 4.79 Å². The zero-order chi connectivity index (χ0) is 13.4. The van der Waals surface area contributed by atoms with Gasteiger partial charge in [0.15, 0.2) is 0 Å². The first-order valence-corrected chi connectivity index (χ1v) is 6.18. The fraction of sp³-hybridized carbons (Fsp3) is 0.500. The van der Waals surface area contributed by atoms with Crippen molar-refractivity contribution >= 4 is 11.7 Å². The molecule has 4 nitrogen and oxygen atoms in total. The number of hydrogen-bond acceptors (Lipinski definition) is 4. The summed E-state index contributed by atoms with van der Waals surface area (Å²) in [5, 5.41) is 3.27. The summed E-state index contributed by atoms with van der Waals surface area (Å²) in [6.07, 6.45) is 0. The first-order valence-electron chi connectivity index (χ1n) is 6.18. The Morgan fingerprint density at radius 1 is 1.33 bits per heavy atom. The van der Waals surface area contributed by atoms with E-state index in [1.165, 1.54) is 11.1 Å². The zero-order valence-electron chi connectivity index (χ0n) is 11.3. The third kappa shape index (κ3) is 5.19. The fourth-order valence-corrected chi connectivity index (χ4v) is 1.63. The van der Waals surface area contributed by atoms with Crippen LogP contribution in [0.5, 0.6) is 0 Å². The average Bonchev–Trinajstić information content (AvgIpc) is 2.31. The molecule has 0 saturated carbocycles. The van der Waals surface area contributed by atoms with Crippen molar-refractivity contribution in [1.29, 1.82) is 0 Å². The van der Waals surface area contributed by atoms with Gasteiger partial charge in [-0.1, -0.05) is 17.7 Å². The van der Waals surface area contributed by atoms with Crippen LogP contribution in [0.15, 0.2) is 18.2 Å². The Bertz CT molecular complexity index is 391. The van der Waals surface area contributed by atoms with Crippen LogP contribution in [0.2, 0.25) is 0 Å². The van der Waals surface area contributed by atoms with Crippen LogP contribution in [-0.4, -0.2) is 32.3 Å². The highest BCUT2D eigenvalue weighted by molar-refractivity contribution is 5.70. The Kier molecular flexibility index (Phi) is 6.22. The molecule has 0 aliphatic heterocycles. The van der Waals surface area contributed by atoms with E-state index >= 15 is 0 Å². The number of carbonyl (C=O) groups excluding carboxylic acids is 1. The largest absolute Gasteiger partial charge is 0.464 e. The van der Waals surface area contributed by atoms with Crippen LogP contribution < -0.4 is 5.32 Å². The molecule has 1 rings (SSSR count). The van der Waals surface area contributed by atoms with Gasteiger partial charge in [0.25, 0.3) is 0 Å². The first-order chi connectivity index (χ1) is 8.63. The molecule has 0 aliphatic rings. The van der Waals surface area contributed by atoms with Gasteiger partial charge < -0.3 is 14.8 Å². The van der Waals surface area contributed by atoms with E-state index < -0.39 is 0 Å². The minimum Gasteiger partial charge on any atom is -0.464 e. The number of carbonyl (C=O) groups is 1. The molecular weight excluding hydrogens is 230 g/mol. The summed E-state index contributed by atoms with van der Waals surface area (Å²) >= 11 is 0. The molecule has 0 heterocycles. The number of ether oxygens (including phenoxy) is 2. The van der Waals surface area contributed by atoms with Crippen LogP contribution in [0, 0.1) is 13.8 Å². The Morgan fingerprint density at radius 3 is 2.78 bits per heavy atom. The molecule has 0 radical (unpaired) electrons. The van der Waals surface area contributed by atoms with Gasteiger partial charge in [0.2, 0.25) is 0 Å². The van der Waals surface area contributed by atoms with Crippen LogP contribution >= 0.6 is 0 Å². The van der Waals surface area contributed by atoms with E-state index in [2.05, 4.69) is 37.4 Å². The summed E-state index contributed by atoms with van der Waals surface area (Å²) in [5.74, 6) is -0.316. The molecule has 0 saturated heterocycles. The maximum atomic E-state index is 11.0. The molecule has 0 aromatic heterocycles. The normalized spacial score (nSPS) is 10.2. The van der Waals surface area contributed by atoms with Crippen molar-refractivity contribution in [1.82, 2.24) is 0 Å². The maximum absolute atomic E-state index is 11.0. The van der Waals surface area contributed by atoms with Crippen LogP contribution in [0.1, 0.15) is 18.1 Å². The van der Waals surface area contributed by atoms with Gasteiger partial charge in [-0.05, 0) is 32.4 Å². The van der Waals surface area contributed by atoms with Crippen molar-refractivity contribution in [3.63, 3.8) is 0 Å². The van der Waals surface area contributed by atoms with Crippen molar-refractivity contribution < 1.29 is 14.3 Å². The third-order valence-electron chi connectivity index (χ3n) is 2.47. The van der Waals surface area contributed by atoms with Gasteiger partial charge in [-0.3, -0.25) is 0 Å². The molecule has 1 N–H and O–H groups in total. The van der Waals surface area contributed by atoms with Gasteiger partial charge in [-0.2, -0.15) is 0 Å². The molecule has 0 spiro atoms. The summed E-state index contributed by atoms with van der Waals surface area (Å²) in [4.78, 5) is 11.0. The second-order valence-corrected chi connectivity index (χ2v) is 4.10. The fourth-order valence-electron chi connectivity index (χ4n) is 1.63. The smallest absolute Gasteiger partial charge is 0.332 e. The van der Waals surface area contributed by atoms with Crippen LogP contribution in [0.25, 0.3) is 0 Å². The number of rotatable bonds is 7. The molecule has 0 bridgehead atoms. The standard InChI is InChI=1S/C14H21NO3/c1-4-18-14(16)10-17-8-7-15-13-6-5-11(2)9-12(13)3/h5-6,9,15H,4,7-8,10H2,1-3H3. The third-order valence-corrected chi connectivity index (χ3v) is 2.47. The number of esters is 1. The van der Waals surface area contributed by atoms with Crippen molar-refractivity contribution in [3.8, 4) is 0 Å². The highest BCUT2D eigenvalue weighted by Crippen LogP contribution is 2.15. The molecule has 0 atom stereocenters. The molecular formula is C14H21NO3. The summed E-state index contributed by atoms with van der Waals surface area (Å²) in [7, 11) is 0. The number of nitrogens with one attached hydrogen (secondary N) is 1. The Hall–Kier alpha value is -1.55. The SMILES string of the molecule is CCOC(=O)COCCNc1ccc(C)cc1C. The monoisotopic (exact) mass is 251 g/mol. The van der Waals surface area contributed by atoms with E-state index in [0.717, 1.165) is 5.69 Å². The van der Waals surface area contributed by atoms with Crippen molar-refractivity contribution in [2.24, 2.45) is 0 Å². The van der Waals surface area contributed by atoms with E-state index in [1.54, 1.807) is 6.92 Å². The van der Waals surface area contributed by atoms with Crippen LogP contribution in [-0.2, 0) is 14.3 Å². The van der Waals surface area contributed by atoms with Gasteiger partial charge in [0, 0.05) is 12.2 Å². The number of aryl methyl sites for hydroxylation is 2. The van der Waals surface area contributed by atoms with Crippen LogP contribution in [0.4, 0.5) is 5.69 Å². The molecule has 100 valence electrons. The van der Waals surface area contributed by atoms with Crippen LogP contribution in [0.3, 0.4) is 0 Å². The molecule has 0 aliphatic carbocycles. The van der Waals surface area contributed by atoms with E-state index in [1.807, 2.05) is 0 Å². The Morgan fingerprint density at radius 2 is 2.11 bits per heavy atom. The lowest BCUT2D eigenvalue weighted by atomic mass is 10.1. The summed E-state index contributed by atoms with van der Waals surface area (Å²) < 4.78 is 9.95. The van der Waals surface area contributed by atoms with Gasteiger partial charge in [-0.15, -0.1) is 0 Å². The zero-order valence-corrected chi connectivity index (χ0v) is 11.3. The van der Waals surface area contributed by atoms with Gasteiger partial charge in [0.1, 0.15) is 6.61 Å². The minimum absolute atomic E-state index is 0.0163. The lowest BCUT2D eigenvalue weighted by Crippen LogP contribution is -2.16. The average molecular weight is 251 g/mol. The van der Waals surface area contributed by atoms with E-state index in [-0.39, 0.29) is 12.6 Å². The second-order valence-electron chi connectivity index (χ2n) is 4.10. The minimum atomic E-state index is -0.316. The predicted molar refractivity (Wildman–Crippen MR) is 71.9 cm³/mol. The molecule has 18 heavy (non-hydrogen) atoms. The number of hydrogen-bond donors (Lipinski definition) is 1. The van der Waals surface area contributed by atoms with Gasteiger partial charge >= 0.3 is 5.97 Å². The topological polar surface area (TPSA) is 47.6 Å². The molecule has 0 amide bonds. The van der Waals surface area contributed by atoms with Gasteiger partial charge in [-0.25, -0.2) is 4.79 Å². The highest BCUT2D eigenvalue weighted by Gasteiger charge is 2.01. The summed E-state index contributed by atoms with van der Waals surface area (Å²) in [6, 6.07) is 6.24. The second kappa shape index (κ2) is 7.71. The van der Waals surface area contributed by atoms with Gasteiger partial charge in [0.05, 0.1) is 13.2 Å². The van der Waals surface area contributed by atoms with Crippen molar-refractivity contribution in [3.05, 3.63) is 29.3 Å². The molecule has 1 aromatic carbocycles. The van der Waals surface area contributed by atoms with E-state index in [0.29, 0.717) is 19.8 Å².